The lowest BCUT2D eigenvalue weighted by Gasteiger charge is -2.72. The predicted molar refractivity (Wildman–Crippen MR) is 105 cm³/mol. The second-order valence-corrected chi connectivity index (χ2v) is 83.2. The summed E-state index contributed by atoms with van der Waals surface area (Å²) in [6, 6.07) is 0. The average molecular weight is 349 g/mol. The molecule has 0 aromatic rings. The molecule has 0 nitrogen and oxygen atoms in total. The lowest BCUT2D eigenvalue weighted by Crippen LogP contribution is -3.00. The van der Waals surface area contributed by atoms with Crippen LogP contribution in [0.5, 0.6) is 0 Å². The van der Waals surface area contributed by atoms with Crippen molar-refractivity contribution in [2.45, 2.75) is 78.6 Å². The van der Waals surface area contributed by atoms with Gasteiger partial charge in [-0.2, -0.15) is 0 Å². The highest BCUT2D eigenvalue weighted by molar-refractivity contribution is 8.13. The van der Waals surface area contributed by atoms with E-state index in [2.05, 4.69) is 78.6 Å². The molecule has 1 aliphatic heterocycles. The minimum absolute atomic E-state index is 0.969. The van der Waals surface area contributed by atoms with Crippen LogP contribution in [0.3, 0.4) is 0 Å². The van der Waals surface area contributed by atoms with Crippen molar-refractivity contribution < 1.29 is 0 Å². The highest BCUT2D eigenvalue weighted by Crippen LogP contribution is 2.51. The van der Waals surface area contributed by atoms with Crippen molar-refractivity contribution in [1.82, 2.24) is 0 Å². The largest absolute Gasteiger partial charge is 0.0735 e. The van der Waals surface area contributed by atoms with E-state index in [1.165, 1.54) is 0 Å². The molecule has 0 amide bonds. The monoisotopic (exact) mass is 348 g/mol. The van der Waals surface area contributed by atoms with Crippen LogP contribution in [-0.2, 0) is 0 Å². The summed E-state index contributed by atoms with van der Waals surface area (Å²) in [4.78, 5) is 0. The molecule has 1 fully saturated rings. The Kier molecular flexibility index (Phi) is 3.80. The molecule has 0 aromatic heterocycles. The molecule has 18 heavy (non-hydrogen) atoms. The molecule has 0 spiro atoms. The van der Waals surface area contributed by atoms with Crippen molar-refractivity contribution in [2.24, 2.45) is 0 Å². The minimum atomic E-state index is -0.969. The Hall–Kier alpha value is 1.30. The summed E-state index contributed by atoms with van der Waals surface area (Å²) in [5.41, 5.74) is 0. The van der Waals surface area contributed by atoms with Gasteiger partial charge in [0.05, 0.1) is 0 Å². The van der Waals surface area contributed by atoms with E-state index in [1.54, 1.807) is 0 Å². The number of rotatable bonds is 0. The molecule has 1 heterocycles. The van der Waals surface area contributed by atoms with E-state index in [-0.39, 0.29) is 0 Å². The van der Waals surface area contributed by atoms with Crippen LogP contribution in [-0.4, -0.2) is 42.7 Å². The molecule has 1 rings (SSSR count). The molecule has 0 unspecified atom stereocenters. The minimum Gasteiger partial charge on any atom is -0.0735 e. The Morgan fingerprint density at radius 3 is 0.333 bits per heavy atom. The highest BCUT2D eigenvalue weighted by Gasteiger charge is 2.75. The van der Waals surface area contributed by atoms with E-state index in [4.69, 9.17) is 0 Å². The maximum atomic E-state index is 2.83. The zero-order chi connectivity index (χ0) is 15.0. The molecule has 6 heteroatoms. The van der Waals surface area contributed by atoms with Gasteiger partial charge in [0, 0.05) is 42.7 Å². The second kappa shape index (κ2) is 3.94. The Labute approximate surface area is 121 Å². The van der Waals surface area contributed by atoms with Crippen LogP contribution in [0.25, 0.3) is 0 Å². The zero-order valence-corrected chi connectivity index (χ0v) is 21.0. The summed E-state index contributed by atoms with van der Waals surface area (Å²) in [7, 11) is -5.82. The van der Waals surface area contributed by atoms with E-state index in [9.17, 15) is 0 Å². The smallest absolute Gasteiger partial charge is 0.0307 e. The van der Waals surface area contributed by atoms with Gasteiger partial charge in [-0.3, -0.25) is 0 Å². The molecule has 108 valence electrons. The van der Waals surface area contributed by atoms with E-state index in [0.29, 0.717) is 0 Å². The van der Waals surface area contributed by atoms with Crippen LogP contribution in [0.1, 0.15) is 0 Å². The summed E-state index contributed by atoms with van der Waals surface area (Å²) in [6.07, 6.45) is 0. The van der Waals surface area contributed by atoms with Crippen LogP contribution in [0.4, 0.5) is 0 Å². The number of hydrogen-bond acceptors (Lipinski definition) is 0. The molecule has 0 aromatic carbocycles. The fraction of sp³-hybridized carbons (Fsp3) is 1.00. The van der Waals surface area contributed by atoms with Gasteiger partial charge in [0.25, 0.3) is 0 Å². The van der Waals surface area contributed by atoms with Crippen molar-refractivity contribution in [3.05, 3.63) is 0 Å². The molecule has 0 bridgehead atoms. The van der Waals surface area contributed by atoms with Crippen LogP contribution >= 0.6 is 0 Å². The van der Waals surface area contributed by atoms with Gasteiger partial charge >= 0.3 is 0 Å². The first kappa shape index (κ1) is 17.4. The van der Waals surface area contributed by atoms with Gasteiger partial charge in [-0.25, -0.2) is 0 Å². The van der Waals surface area contributed by atoms with E-state index < -0.39 is 42.7 Å². The molecule has 0 N–H and O–H groups in total. The Morgan fingerprint density at radius 2 is 0.278 bits per heavy atom. The van der Waals surface area contributed by atoms with E-state index in [1.807, 2.05) is 0 Å². The quantitative estimate of drug-likeness (QED) is 0.555. The van der Waals surface area contributed by atoms with Gasteiger partial charge in [-0.1, -0.05) is 78.6 Å². The summed E-state index contributed by atoms with van der Waals surface area (Å²) in [5, 5.41) is 0. The maximum Gasteiger partial charge on any atom is 0.0307 e. The molecular formula is C12H36Si6. The first-order valence-corrected chi connectivity index (χ1v) is 31.5. The Balaban J connectivity index is 3.72. The van der Waals surface area contributed by atoms with Gasteiger partial charge < -0.3 is 0 Å². The van der Waals surface area contributed by atoms with Crippen LogP contribution in [0.2, 0.25) is 78.6 Å². The Morgan fingerprint density at radius 1 is 0.222 bits per heavy atom. The average Bonchev–Trinajstić information content (AvgIpc) is 2.14. The van der Waals surface area contributed by atoms with Gasteiger partial charge in [-0.05, 0) is 0 Å². The van der Waals surface area contributed by atoms with Crippen LogP contribution in [0.15, 0.2) is 0 Å². The molecule has 0 aliphatic carbocycles. The van der Waals surface area contributed by atoms with Crippen molar-refractivity contribution in [2.75, 3.05) is 0 Å². The van der Waals surface area contributed by atoms with Crippen molar-refractivity contribution >= 4 is 42.7 Å². The zero-order valence-electron chi connectivity index (χ0n) is 15.0. The summed E-state index contributed by atoms with van der Waals surface area (Å²) in [6.45, 7) is 34.0. The molecule has 0 radical (unpaired) electrons. The molecule has 1 saturated heterocycles. The SMILES string of the molecule is C[Si]1(C)[Si](C)(C)[Si](C)(C)[Si](C)(C)[Si](C)(C)[Si]1(C)C. The summed E-state index contributed by atoms with van der Waals surface area (Å²) < 4.78 is 0. The van der Waals surface area contributed by atoms with E-state index in [0.717, 1.165) is 0 Å². The van der Waals surface area contributed by atoms with Crippen molar-refractivity contribution in [3.63, 3.8) is 0 Å². The molecule has 0 atom stereocenters. The summed E-state index contributed by atoms with van der Waals surface area (Å²) >= 11 is 0. The molecular weight excluding hydrogens is 313 g/mol. The second-order valence-electron chi connectivity index (χ2n) is 9.75. The van der Waals surface area contributed by atoms with Gasteiger partial charge in [-0.15, -0.1) is 0 Å². The van der Waals surface area contributed by atoms with Crippen molar-refractivity contribution in [1.29, 1.82) is 0 Å². The third kappa shape index (κ3) is 1.50. The van der Waals surface area contributed by atoms with Gasteiger partial charge in [0.2, 0.25) is 0 Å². The predicted octanol–water partition coefficient (Wildman–Crippen LogP) is 4.72. The topological polar surface area (TPSA) is 0 Å². The lowest BCUT2D eigenvalue weighted by atomic mass is 11.9. The third-order valence-corrected chi connectivity index (χ3v) is 165. The standard InChI is InChI=1S/C12H36Si6/c1-13(2)14(3,4)16(7,8)18(11,12)17(9,10)15(13,5)6/h1-12H3. The fourth-order valence-electron chi connectivity index (χ4n) is 4.69. The van der Waals surface area contributed by atoms with Gasteiger partial charge in [0.15, 0.2) is 0 Å². The summed E-state index contributed by atoms with van der Waals surface area (Å²) in [5.74, 6) is 0. The third-order valence-electron chi connectivity index (χ3n) is 9.38. The van der Waals surface area contributed by atoms with Crippen LogP contribution < -0.4 is 0 Å². The lowest BCUT2D eigenvalue weighted by molar-refractivity contribution is 1.71. The Bertz CT molecular complexity index is 248. The fourth-order valence-corrected chi connectivity index (χ4v) is 248. The maximum absolute atomic E-state index is 2.83. The van der Waals surface area contributed by atoms with Crippen molar-refractivity contribution in [3.8, 4) is 0 Å². The molecule has 0 saturated carbocycles. The first-order valence-electron chi connectivity index (χ1n) is 7.50. The highest BCUT2D eigenvalue weighted by atomic mass is 30.2. The normalized spacial score (nSPS) is 34.0. The van der Waals surface area contributed by atoms with Crippen LogP contribution in [0, 0.1) is 0 Å². The van der Waals surface area contributed by atoms with Gasteiger partial charge in [0.1, 0.15) is 0 Å². The van der Waals surface area contributed by atoms with E-state index >= 15 is 0 Å². The number of hydrogen-bond donors (Lipinski definition) is 0. The molecule has 1 aliphatic rings. The first-order chi connectivity index (χ1) is 7.50.